The lowest BCUT2D eigenvalue weighted by Crippen LogP contribution is -2.60. The van der Waals surface area contributed by atoms with Gasteiger partial charge in [-0.25, -0.2) is 0 Å². The van der Waals surface area contributed by atoms with Gasteiger partial charge in [0.2, 0.25) is 5.91 Å². The van der Waals surface area contributed by atoms with E-state index in [1.807, 2.05) is 6.08 Å². The van der Waals surface area contributed by atoms with Crippen molar-refractivity contribution >= 4 is 11.9 Å². The first kappa shape index (κ1) is 67.2. The Morgan fingerprint density at radius 1 is 0.507 bits per heavy atom. The Balaban J connectivity index is 2.04. The van der Waals surface area contributed by atoms with Gasteiger partial charge in [-0.1, -0.05) is 250 Å². The van der Waals surface area contributed by atoms with Gasteiger partial charge >= 0.3 is 5.97 Å². The molecule has 0 aromatic heterocycles. The maximum atomic E-state index is 13.0. The summed E-state index contributed by atoms with van der Waals surface area (Å²) >= 11 is 0. The number of hydrogen-bond donors (Lipinski definition) is 6. The van der Waals surface area contributed by atoms with Crippen LogP contribution < -0.4 is 5.32 Å². The lowest BCUT2D eigenvalue weighted by molar-refractivity contribution is -0.302. The number of carbonyl (C=O) groups is 2. The van der Waals surface area contributed by atoms with Crippen molar-refractivity contribution in [3.8, 4) is 0 Å². The van der Waals surface area contributed by atoms with Crippen LogP contribution in [0.25, 0.3) is 0 Å². The highest BCUT2D eigenvalue weighted by Gasteiger charge is 2.44. The van der Waals surface area contributed by atoms with Gasteiger partial charge < -0.3 is 45.1 Å². The van der Waals surface area contributed by atoms with Crippen LogP contribution >= 0.6 is 0 Å². The van der Waals surface area contributed by atoms with Crippen LogP contribution in [0.4, 0.5) is 0 Å². The van der Waals surface area contributed by atoms with E-state index in [2.05, 4.69) is 31.3 Å². The fourth-order valence-electron chi connectivity index (χ4n) is 9.51. The Labute approximate surface area is 435 Å². The summed E-state index contributed by atoms with van der Waals surface area (Å²) in [5.74, 6) is -0.195. The molecule has 0 bridgehead atoms. The first-order valence-corrected chi connectivity index (χ1v) is 30.1. The molecule has 1 heterocycles. The minimum atomic E-state index is -1.58. The number of allylic oxidation sites excluding steroid dienone is 3. The maximum Gasteiger partial charge on any atom is 0.305 e. The molecule has 0 radical (unpaired) electrons. The van der Waals surface area contributed by atoms with Crippen LogP contribution in [0.3, 0.4) is 0 Å². The average Bonchev–Trinajstić information content (AvgIpc) is 3.37. The maximum absolute atomic E-state index is 13.0. The van der Waals surface area contributed by atoms with E-state index in [0.29, 0.717) is 19.4 Å². The number of unbranched alkanes of at least 4 members (excludes halogenated alkanes) is 36. The molecule has 0 aromatic rings. The minimum Gasteiger partial charge on any atom is -0.466 e. The Bertz CT molecular complexity index is 1230. The lowest BCUT2D eigenvalue weighted by atomic mass is 9.99. The normalized spacial score (nSPS) is 19.2. The van der Waals surface area contributed by atoms with E-state index >= 15 is 0 Å². The van der Waals surface area contributed by atoms with Crippen molar-refractivity contribution in [2.24, 2.45) is 0 Å². The van der Waals surface area contributed by atoms with E-state index in [4.69, 9.17) is 14.2 Å². The number of carbonyl (C=O) groups excluding carboxylic acids is 2. The summed E-state index contributed by atoms with van der Waals surface area (Å²) in [7, 11) is 0. The Kier molecular flexibility index (Phi) is 47.6. The topological polar surface area (TPSA) is 175 Å². The summed E-state index contributed by atoms with van der Waals surface area (Å²) in [4.78, 5) is 25.0. The van der Waals surface area contributed by atoms with Crippen LogP contribution in [0.5, 0.6) is 0 Å². The molecule has 1 saturated heterocycles. The van der Waals surface area contributed by atoms with Crippen LogP contribution in [0, 0.1) is 0 Å². The molecule has 1 amide bonds. The third-order valence-electron chi connectivity index (χ3n) is 14.3. The van der Waals surface area contributed by atoms with Gasteiger partial charge in [0.15, 0.2) is 6.29 Å². The van der Waals surface area contributed by atoms with E-state index < -0.39 is 49.5 Å². The molecule has 0 saturated carbocycles. The summed E-state index contributed by atoms with van der Waals surface area (Å²) < 4.78 is 16.7. The third-order valence-corrected chi connectivity index (χ3v) is 14.3. The fraction of sp³-hybridized carbons (Fsp3) is 0.900. The zero-order valence-electron chi connectivity index (χ0n) is 45.9. The second kappa shape index (κ2) is 50.3. The van der Waals surface area contributed by atoms with Crippen molar-refractivity contribution in [3.05, 3.63) is 24.3 Å². The number of esters is 1. The van der Waals surface area contributed by atoms with Crippen molar-refractivity contribution in [2.45, 2.75) is 326 Å². The quantitative estimate of drug-likeness (QED) is 0.0195. The number of aliphatic hydroxyl groups is 5. The van der Waals surface area contributed by atoms with E-state index in [9.17, 15) is 35.1 Å². The molecule has 1 rings (SSSR count). The van der Waals surface area contributed by atoms with Gasteiger partial charge in [0, 0.05) is 12.8 Å². The van der Waals surface area contributed by atoms with Crippen molar-refractivity contribution in [1.82, 2.24) is 5.32 Å². The number of amides is 1. The van der Waals surface area contributed by atoms with Gasteiger partial charge in [-0.05, 0) is 44.9 Å². The number of ether oxygens (including phenoxy) is 3. The van der Waals surface area contributed by atoms with Gasteiger partial charge in [0.25, 0.3) is 0 Å². The summed E-state index contributed by atoms with van der Waals surface area (Å²) in [6.45, 7) is 4.31. The van der Waals surface area contributed by atoms with Crippen LogP contribution in [0.2, 0.25) is 0 Å². The first-order valence-electron chi connectivity index (χ1n) is 30.1. The summed E-state index contributed by atoms with van der Waals surface area (Å²) in [5, 5.41) is 54.3. The second-order valence-corrected chi connectivity index (χ2v) is 21.1. The predicted molar refractivity (Wildman–Crippen MR) is 292 cm³/mol. The van der Waals surface area contributed by atoms with E-state index in [-0.39, 0.29) is 18.5 Å². The zero-order valence-corrected chi connectivity index (χ0v) is 45.9. The number of aliphatic hydroxyl groups excluding tert-OH is 5. The van der Waals surface area contributed by atoms with Gasteiger partial charge in [0.05, 0.1) is 32.0 Å². The Hall–Kier alpha value is -1.86. The summed E-state index contributed by atoms with van der Waals surface area (Å²) in [6.07, 6.45) is 49.9. The highest BCUT2D eigenvalue weighted by atomic mass is 16.7. The standard InChI is InChI=1S/C60H113NO10/c1-3-5-7-9-11-13-26-30-34-38-42-46-53(63)52(51-70-60-59(68)58(67)57(66)54(50-62)71-60)61-55(64)47-43-39-35-31-28-24-22-20-18-16-15-17-19-21-23-25-29-33-37-41-45-49-69-56(65)48-44-40-36-32-27-14-12-10-8-6-4-2/h26,30,42,46,52-54,57-60,62-63,66-68H,3-25,27-29,31-41,43-45,47-51H2,1-2H3,(H,61,64)/b30-26+,46-42+. The second-order valence-electron chi connectivity index (χ2n) is 21.1. The Morgan fingerprint density at radius 3 is 1.39 bits per heavy atom. The van der Waals surface area contributed by atoms with Gasteiger partial charge in [-0.15, -0.1) is 0 Å². The Morgan fingerprint density at radius 2 is 0.915 bits per heavy atom. The van der Waals surface area contributed by atoms with Crippen LogP contribution in [0.15, 0.2) is 24.3 Å². The van der Waals surface area contributed by atoms with Gasteiger partial charge in [-0.2, -0.15) is 0 Å². The highest BCUT2D eigenvalue weighted by Crippen LogP contribution is 2.23. The van der Waals surface area contributed by atoms with Crippen molar-refractivity contribution in [3.63, 3.8) is 0 Å². The molecule has 7 atom stereocenters. The molecule has 7 unspecified atom stereocenters. The average molecular weight is 1010 g/mol. The largest absolute Gasteiger partial charge is 0.466 e. The SMILES string of the molecule is CCCCCCC/C=C/CC/C=C/C(O)C(COC1OC(CO)C(O)C(O)C1O)NC(=O)CCCCCCCCCCCCCCCCCCCCCCCOC(=O)CCCCCCCCCCCCC. The molecule has 0 aromatic carbocycles. The van der Waals surface area contributed by atoms with Crippen LogP contribution in [-0.4, -0.2) is 100 Å². The van der Waals surface area contributed by atoms with E-state index in [1.165, 1.54) is 199 Å². The molecule has 1 aliphatic heterocycles. The number of hydrogen-bond acceptors (Lipinski definition) is 10. The number of nitrogens with one attached hydrogen (secondary N) is 1. The molecule has 71 heavy (non-hydrogen) atoms. The number of rotatable bonds is 52. The van der Waals surface area contributed by atoms with Crippen molar-refractivity contribution in [2.75, 3.05) is 19.8 Å². The molecule has 11 heteroatoms. The summed E-state index contributed by atoms with van der Waals surface area (Å²) in [6, 6.07) is -0.827. The molecule has 11 nitrogen and oxygen atoms in total. The molecular weight excluding hydrogens is 895 g/mol. The molecular formula is C60H113NO10. The van der Waals surface area contributed by atoms with Crippen LogP contribution in [-0.2, 0) is 23.8 Å². The summed E-state index contributed by atoms with van der Waals surface area (Å²) in [5.41, 5.74) is 0. The van der Waals surface area contributed by atoms with Crippen LogP contribution in [0.1, 0.15) is 284 Å². The van der Waals surface area contributed by atoms with Gasteiger partial charge in [0.1, 0.15) is 24.4 Å². The van der Waals surface area contributed by atoms with E-state index in [1.54, 1.807) is 6.08 Å². The lowest BCUT2D eigenvalue weighted by Gasteiger charge is -2.40. The fourth-order valence-corrected chi connectivity index (χ4v) is 9.51. The van der Waals surface area contributed by atoms with Crippen molar-refractivity contribution < 1.29 is 49.3 Å². The molecule has 0 spiro atoms. The monoisotopic (exact) mass is 1010 g/mol. The third kappa shape index (κ3) is 40.2. The minimum absolute atomic E-state index is 0.00190. The smallest absolute Gasteiger partial charge is 0.305 e. The molecule has 1 aliphatic rings. The molecule has 6 N–H and O–H groups in total. The molecule has 418 valence electrons. The first-order chi connectivity index (χ1) is 34.7. The molecule has 1 fully saturated rings. The predicted octanol–water partition coefficient (Wildman–Crippen LogP) is 13.7. The zero-order chi connectivity index (χ0) is 51.7. The molecule has 0 aliphatic carbocycles. The van der Waals surface area contributed by atoms with E-state index in [0.717, 1.165) is 57.8 Å². The highest BCUT2D eigenvalue weighted by molar-refractivity contribution is 5.76. The van der Waals surface area contributed by atoms with Crippen molar-refractivity contribution in [1.29, 1.82) is 0 Å². The van der Waals surface area contributed by atoms with Gasteiger partial charge in [-0.3, -0.25) is 9.59 Å².